The van der Waals surface area contributed by atoms with E-state index in [4.69, 9.17) is 10.00 Å². The molecule has 11 heteroatoms. The summed E-state index contributed by atoms with van der Waals surface area (Å²) in [7, 11) is 0. The molecule has 0 saturated carbocycles. The normalized spacial score (nSPS) is 10.6. The molecule has 0 saturated heterocycles. The summed E-state index contributed by atoms with van der Waals surface area (Å²) in [6.07, 6.45) is 1.61. The van der Waals surface area contributed by atoms with Crippen molar-refractivity contribution in [1.82, 2.24) is 19.3 Å². The monoisotopic (exact) mass is 569 g/mol. The molecule has 2 heterocycles. The highest BCUT2D eigenvalue weighted by Gasteiger charge is 2.15. The zero-order valence-corrected chi connectivity index (χ0v) is 19.8. The summed E-state index contributed by atoms with van der Waals surface area (Å²) in [6.45, 7) is 0.389. The molecule has 2 aromatic heterocycles. The van der Waals surface area contributed by atoms with E-state index in [1.807, 2.05) is 30.3 Å². The highest BCUT2D eigenvalue weighted by Crippen LogP contribution is 2.38. The quantitative estimate of drug-likeness (QED) is 0.393. The maximum absolute atomic E-state index is 12.3. The number of aromatic amines is 1. The number of hydrogen-bond donors (Lipinski definition) is 1. The Morgan fingerprint density at radius 1 is 1.03 bits per heavy atom. The topological polar surface area (TPSA) is 123 Å². The standard InChI is InChI=1S/C22H13Br2N5O4/c23-16-8-14(29-22(32)26-21(31)18(10-25)27-29)9-17(24)20(16)33-15-6-7-19(30)28(12-15)11-13-4-2-1-3-5-13/h1-9,12H,11H2,(H,26,31,32). The molecule has 0 aliphatic carbocycles. The predicted molar refractivity (Wildman–Crippen MR) is 127 cm³/mol. The summed E-state index contributed by atoms with van der Waals surface area (Å²) in [5.41, 5.74) is -1.01. The minimum absolute atomic E-state index is 0.170. The first-order valence-corrected chi connectivity index (χ1v) is 11.0. The van der Waals surface area contributed by atoms with Crippen LogP contribution >= 0.6 is 31.9 Å². The maximum atomic E-state index is 12.3. The number of nitrogens with zero attached hydrogens (tertiary/aromatic N) is 4. The van der Waals surface area contributed by atoms with Crippen molar-refractivity contribution in [3.8, 4) is 23.3 Å². The smallest absolute Gasteiger partial charge is 0.349 e. The van der Waals surface area contributed by atoms with Crippen LogP contribution in [0.5, 0.6) is 11.5 Å². The number of ether oxygens (including phenoxy) is 1. The summed E-state index contributed by atoms with van der Waals surface area (Å²) in [6, 6.07) is 17.3. The Morgan fingerprint density at radius 3 is 2.39 bits per heavy atom. The second-order valence-electron chi connectivity index (χ2n) is 6.79. The Labute approximate surface area is 202 Å². The molecule has 0 unspecified atom stereocenters. The van der Waals surface area contributed by atoms with Crippen molar-refractivity contribution >= 4 is 31.9 Å². The number of aromatic nitrogens is 4. The van der Waals surface area contributed by atoms with E-state index in [0.29, 0.717) is 27.0 Å². The third-order valence-corrected chi connectivity index (χ3v) is 5.71. The van der Waals surface area contributed by atoms with E-state index in [1.165, 1.54) is 10.6 Å². The first kappa shape index (κ1) is 22.4. The largest absolute Gasteiger partial charge is 0.453 e. The second kappa shape index (κ2) is 9.40. The summed E-state index contributed by atoms with van der Waals surface area (Å²) in [5.74, 6) is 0.812. The number of halogens is 2. The highest BCUT2D eigenvalue weighted by atomic mass is 79.9. The summed E-state index contributed by atoms with van der Waals surface area (Å²) < 4.78 is 9.35. The fraction of sp³-hybridized carbons (Fsp3) is 0.0455. The number of nitriles is 1. The van der Waals surface area contributed by atoms with Gasteiger partial charge in [0.1, 0.15) is 11.8 Å². The van der Waals surface area contributed by atoms with Crippen LogP contribution in [0.4, 0.5) is 0 Å². The van der Waals surface area contributed by atoms with Gasteiger partial charge in [0, 0.05) is 6.07 Å². The summed E-state index contributed by atoms with van der Waals surface area (Å²) >= 11 is 6.82. The van der Waals surface area contributed by atoms with Gasteiger partial charge >= 0.3 is 5.69 Å². The lowest BCUT2D eigenvalue weighted by Gasteiger charge is -2.14. The van der Waals surface area contributed by atoms with Crippen molar-refractivity contribution in [2.24, 2.45) is 0 Å². The van der Waals surface area contributed by atoms with Crippen LogP contribution in [0.3, 0.4) is 0 Å². The molecule has 0 spiro atoms. The van der Waals surface area contributed by atoms with Gasteiger partial charge in [-0.1, -0.05) is 30.3 Å². The molecular formula is C22H13Br2N5O4. The molecule has 2 aromatic carbocycles. The zero-order chi connectivity index (χ0) is 23.5. The first-order chi connectivity index (χ1) is 15.9. The fourth-order valence-corrected chi connectivity index (χ4v) is 4.33. The number of hydrogen-bond acceptors (Lipinski definition) is 6. The number of nitrogens with one attached hydrogen (secondary N) is 1. The van der Waals surface area contributed by atoms with Gasteiger partial charge in [0.25, 0.3) is 11.1 Å². The number of pyridine rings is 1. The third-order valence-electron chi connectivity index (χ3n) is 4.53. The molecule has 164 valence electrons. The number of rotatable bonds is 5. The third kappa shape index (κ3) is 4.87. The zero-order valence-electron chi connectivity index (χ0n) is 16.7. The van der Waals surface area contributed by atoms with Crippen molar-refractivity contribution in [3.63, 3.8) is 0 Å². The number of H-pyrrole nitrogens is 1. The van der Waals surface area contributed by atoms with Crippen LogP contribution in [-0.4, -0.2) is 19.3 Å². The van der Waals surface area contributed by atoms with Crippen molar-refractivity contribution in [1.29, 1.82) is 5.26 Å². The second-order valence-corrected chi connectivity index (χ2v) is 8.50. The van der Waals surface area contributed by atoms with E-state index in [-0.39, 0.29) is 11.2 Å². The average Bonchev–Trinajstić information content (AvgIpc) is 2.79. The molecule has 0 radical (unpaired) electrons. The molecule has 0 aliphatic heterocycles. The van der Waals surface area contributed by atoms with Gasteiger partial charge in [0.15, 0.2) is 5.75 Å². The van der Waals surface area contributed by atoms with Crippen LogP contribution in [0.25, 0.3) is 5.69 Å². The van der Waals surface area contributed by atoms with Crippen LogP contribution in [0.2, 0.25) is 0 Å². The molecule has 0 amide bonds. The summed E-state index contributed by atoms with van der Waals surface area (Å²) in [4.78, 5) is 38.1. The Balaban J connectivity index is 1.68. The average molecular weight is 571 g/mol. The van der Waals surface area contributed by atoms with Crippen molar-refractivity contribution in [2.45, 2.75) is 6.54 Å². The molecule has 0 aliphatic rings. The Hall–Kier alpha value is -3.75. The van der Waals surface area contributed by atoms with Crippen LogP contribution in [-0.2, 0) is 6.54 Å². The van der Waals surface area contributed by atoms with Gasteiger partial charge in [-0.2, -0.15) is 9.94 Å². The Morgan fingerprint density at radius 2 is 1.73 bits per heavy atom. The van der Waals surface area contributed by atoms with Gasteiger partial charge in [-0.15, -0.1) is 5.10 Å². The minimum atomic E-state index is -0.859. The van der Waals surface area contributed by atoms with Crippen LogP contribution in [0, 0.1) is 11.3 Å². The minimum Gasteiger partial charge on any atom is -0.453 e. The van der Waals surface area contributed by atoms with Crippen molar-refractivity contribution in [3.05, 3.63) is 112 Å². The molecular weight excluding hydrogens is 558 g/mol. The lowest BCUT2D eigenvalue weighted by Crippen LogP contribution is -2.33. The Kier molecular flexibility index (Phi) is 6.39. The van der Waals surface area contributed by atoms with E-state index >= 15 is 0 Å². The maximum Gasteiger partial charge on any atom is 0.349 e. The van der Waals surface area contributed by atoms with Gasteiger partial charge in [-0.3, -0.25) is 14.6 Å². The van der Waals surface area contributed by atoms with E-state index in [2.05, 4.69) is 41.9 Å². The van der Waals surface area contributed by atoms with E-state index in [9.17, 15) is 14.4 Å². The fourth-order valence-electron chi connectivity index (χ4n) is 3.01. The molecule has 0 fully saturated rings. The molecule has 4 aromatic rings. The highest BCUT2D eigenvalue weighted by molar-refractivity contribution is 9.11. The van der Waals surface area contributed by atoms with E-state index in [1.54, 1.807) is 30.5 Å². The van der Waals surface area contributed by atoms with Gasteiger partial charge < -0.3 is 9.30 Å². The number of benzene rings is 2. The van der Waals surface area contributed by atoms with Crippen LogP contribution < -0.4 is 21.5 Å². The van der Waals surface area contributed by atoms with E-state index < -0.39 is 16.9 Å². The molecule has 0 bridgehead atoms. The van der Waals surface area contributed by atoms with E-state index in [0.717, 1.165) is 10.2 Å². The molecule has 4 rings (SSSR count). The summed E-state index contributed by atoms with van der Waals surface area (Å²) in [5, 5.41) is 12.8. The van der Waals surface area contributed by atoms with Gasteiger partial charge in [0.2, 0.25) is 5.69 Å². The van der Waals surface area contributed by atoms with Gasteiger partial charge in [-0.05, 0) is 55.6 Å². The Bertz CT molecular complexity index is 1550. The van der Waals surface area contributed by atoms with Crippen molar-refractivity contribution in [2.75, 3.05) is 0 Å². The molecule has 33 heavy (non-hydrogen) atoms. The van der Waals surface area contributed by atoms with Gasteiger partial charge in [-0.25, -0.2) is 4.79 Å². The molecule has 1 N–H and O–H groups in total. The lowest BCUT2D eigenvalue weighted by molar-refractivity contribution is 0.468. The molecule has 9 nitrogen and oxygen atoms in total. The van der Waals surface area contributed by atoms with Gasteiger partial charge in [0.05, 0.1) is 27.4 Å². The first-order valence-electron chi connectivity index (χ1n) is 9.41. The van der Waals surface area contributed by atoms with Crippen LogP contribution in [0.1, 0.15) is 11.3 Å². The molecule has 0 atom stereocenters. The van der Waals surface area contributed by atoms with Crippen LogP contribution in [0.15, 0.2) is 84.1 Å². The predicted octanol–water partition coefficient (Wildman–Crippen LogP) is 3.32. The lowest BCUT2D eigenvalue weighted by atomic mass is 10.2. The van der Waals surface area contributed by atoms with Crippen molar-refractivity contribution < 1.29 is 4.74 Å². The SMILES string of the molecule is N#Cc1nn(-c2cc(Br)c(Oc3ccc(=O)n(Cc4ccccc4)c3)c(Br)c2)c(=O)[nH]c1=O.